The molecule has 4 rings (SSSR count). The van der Waals surface area contributed by atoms with Crippen LogP contribution in [0.1, 0.15) is 31.2 Å². The van der Waals surface area contributed by atoms with E-state index >= 15 is 0 Å². The van der Waals surface area contributed by atoms with Crippen LogP contribution in [0, 0.1) is 6.92 Å². The van der Waals surface area contributed by atoms with E-state index in [0.717, 1.165) is 54.0 Å². The second kappa shape index (κ2) is 10.5. The molecule has 1 amide bonds. The van der Waals surface area contributed by atoms with Crippen molar-refractivity contribution in [2.24, 2.45) is 4.99 Å². The number of ether oxygens (including phenoxy) is 2. The highest BCUT2D eigenvalue weighted by Crippen LogP contribution is 2.39. The molecule has 3 heterocycles. The molecule has 1 unspecified atom stereocenters. The lowest BCUT2D eigenvalue weighted by atomic mass is 10.2. The lowest BCUT2D eigenvalue weighted by Gasteiger charge is -2.38. The third-order valence-corrected chi connectivity index (χ3v) is 7.17. The third kappa shape index (κ3) is 5.82. The van der Waals surface area contributed by atoms with Gasteiger partial charge in [-0.1, -0.05) is 12.1 Å². The number of esters is 1. The number of hydrogen-bond acceptors (Lipinski definition) is 9. The van der Waals surface area contributed by atoms with E-state index in [1.807, 2.05) is 24.3 Å². The van der Waals surface area contributed by atoms with Crippen LogP contribution < -0.4 is 5.32 Å². The molecule has 194 valence electrons. The van der Waals surface area contributed by atoms with Crippen LogP contribution in [0.4, 0.5) is 21.2 Å². The van der Waals surface area contributed by atoms with E-state index in [1.165, 1.54) is 16.9 Å². The minimum atomic E-state index is -0.756. The SMILES string of the molecule is COC(=O)C(CN1CCN(C2=Nc3ccccc3Nc3sc(C)cc32)CC1)N(C)C(=O)OC(C)(C)C. The van der Waals surface area contributed by atoms with Crippen molar-refractivity contribution in [2.75, 3.05) is 52.2 Å². The molecule has 10 heteroatoms. The summed E-state index contributed by atoms with van der Waals surface area (Å²) in [7, 11) is 2.92. The van der Waals surface area contributed by atoms with Crippen LogP contribution in [0.15, 0.2) is 35.3 Å². The van der Waals surface area contributed by atoms with Gasteiger partial charge in [0, 0.05) is 44.6 Å². The van der Waals surface area contributed by atoms with Crippen molar-refractivity contribution in [1.82, 2.24) is 14.7 Å². The number of hydrogen-bond donors (Lipinski definition) is 1. The van der Waals surface area contributed by atoms with Crippen molar-refractivity contribution in [2.45, 2.75) is 39.3 Å². The van der Waals surface area contributed by atoms with E-state index < -0.39 is 23.7 Å². The number of nitrogens with one attached hydrogen (secondary N) is 1. The number of nitrogens with zero attached hydrogens (tertiary/aromatic N) is 4. The van der Waals surface area contributed by atoms with Gasteiger partial charge >= 0.3 is 12.1 Å². The Morgan fingerprint density at radius 1 is 1.19 bits per heavy atom. The number of carbonyl (C=O) groups is 2. The van der Waals surface area contributed by atoms with Crippen molar-refractivity contribution < 1.29 is 19.1 Å². The zero-order valence-electron chi connectivity index (χ0n) is 21.8. The molecule has 1 atom stereocenters. The number of rotatable bonds is 4. The summed E-state index contributed by atoms with van der Waals surface area (Å²) >= 11 is 1.73. The zero-order valence-corrected chi connectivity index (χ0v) is 22.6. The van der Waals surface area contributed by atoms with Gasteiger partial charge in [-0.2, -0.15) is 0 Å². The second-order valence-electron chi connectivity index (χ2n) is 10.1. The van der Waals surface area contributed by atoms with Crippen LogP contribution in [-0.4, -0.2) is 91.1 Å². The number of amides is 1. The first-order valence-corrected chi connectivity index (χ1v) is 12.9. The van der Waals surface area contributed by atoms with Gasteiger partial charge in [-0.15, -0.1) is 11.3 Å². The smallest absolute Gasteiger partial charge is 0.410 e. The lowest BCUT2D eigenvalue weighted by molar-refractivity contribution is -0.147. The Morgan fingerprint density at radius 3 is 2.56 bits per heavy atom. The Labute approximate surface area is 216 Å². The number of piperazine rings is 1. The Morgan fingerprint density at radius 2 is 1.89 bits per heavy atom. The zero-order chi connectivity index (χ0) is 26.0. The number of aryl methyl sites for hydroxylation is 1. The molecule has 36 heavy (non-hydrogen) atoms. The Balaban J connectivity index is 1.48. The normalized spacial score (nSPS) is 16.6. The van der Waals surface area contributed by atoms with Crippen molar-refractivity contribution in [1.29, 1.82) is 0 Å². The molecule has 1 aromatic carbocycles. The van der Waals surface area contributed by atoms with E-state index in [9.17, 15) is 9.59 Å². The maximum Gasteiger partial charge on any atom is 0.410 e. The maximum atomic E-state index is 12.6. The number of thiophene rings is 1. The summed E-state index contributed by atoms with van der Waals surface area (Å²) in [4.78, 5) is 37.3. The topological polar surface area (TPSA) is 86.7 Å². The number of methoxy groups -OCH3 is 1. The van der Waals surface area contributed by atoms with Gasteiger partial charge in [-0.05, 0) is 45.9 Å². The average molecular weight is 514 g/mol. The van der Waals surface area contributed by atoms with Gasteiger partial charge in [-0.25, -0.2) is 14.6 Å². The Kier molecular flexibility index (Phi) is 7.56. The van der Waals surface area contributed by atoms with Crippen LogP contribution in [0.3, 0.4) is 0 Å². The minimum absolute atomic E-state index is 0.371. The van der Waals surface area contributed by atoms with E-state index in [-0.39, 0.29) is 0 Å². The van der Waals surface area contributed by atoms with Crippen molar-refractivity contribution in [3.63, 3.8) is 0 Å². The molecule has 0 aliphatic carbocycles. The average Bonchev–Trinajstić information content (AvgIpc) is 3.12. The summed E-state index contributed by atoms with van der Waals surface area (Å²) in [6.45, 7) is 10.8. The number of benzene rings is 1. The number of carbonyl (C=O) groups excluding carboxylic acids is 2. The highest BCUT2D eigenvalue weighted by atomic mass is 32.1. The highest BCUT2D eigenvalue weighted by Gasteiger charge is 2.34. The van der Waals surface area contributed by atoms with Crippen LogP contribution in [0.25, 0.3) is 0 Å². The maximum absolute atomic E-state index is 12.6. The molecule has 1 aromatic heterocycles. The summed E-state index contributed by atoms with van der Waals surface area (Å²) in [6, 6.07) is 9.51. The van der Waals surface area contributed by atoms with Crippen molar-refractivity contribution in [3.8, 4) is 0 Å². The fraction of sp³-hybridized carbons (Fsp3) is 0.500. The largest absolute Gasteiger partial charge is 0.467 e. The molecule has 1 saturated heterocycles. The summed E-state index contributed by atoms with van der Waals surface area (Å²) in [5.41, 5.74) is 2.38. The van der Waals surface area contributed by atoms with E-state index in [0.29, 0.717) is 6.54 Å². The summed E-state index contributed by atoms with van der Waals surface area (Å²) in [6.07, 6.45) is -0.545. The first kappa shape index (κ1) is 26.0. The minimum Gasteiger partial charge on any atom is -0.467 e. The fourth-order valence-corrected chi connectivity index (χ4v) is 5.25. The molecule has 2 aliphatic rings. The molecule has 9 nitrogen and oxygen atoms in total. The highest BCUT2D eigenvalue weighted by molar-refractivity contribution is 7.16. The standard InChI is InChI=1S/C26H35N5O4S/c1-17-15-18-22(27-19-9-7-8-10-20(19)28-23(18)36-17)31-13-11-30(12-14-31)16-21(24(32)34-6)29(5)25(33)35-26(2,3)4/h7-10,15,21,28H,11-14,16H2,1-6H3. The number of anilines is 2. The number of para-hydroxylation sites is 2. The first-order chi connectivity index (χ1) is 17.1. The molecule has 1 N–H and O–H groups in total. The molecule has 0 bridgehead atoms. The quantitative estimate of drug-likeness (QED) is 0.613. The van der Waals surface area contributed by atoms with Crippen LogP contribution in [-0.2, 0) is 14.3 Å². The Bertz CT molecular complexity index is 1150. The number of aliphatic imine (C=N–C) groups is 1. The summed E-state index contributed by atoms with van der Waals surface area (Å²) < 4.78 is 10.5. The van der Waals surface area contributed by atoms with Gasteiger partial charge in [0.2, 0.25) is 0 Å². The van der Waals surface area contributed by atoms with Crippen LogP contribution in [0.2, 0.25) is 0 Å². The fourth-order valence-electron chi connectivity index (χ4n) is 4.33. The second-order valence-corrected chi connectivity index (χ2v) is 11.4. The molecular weight excluding hydrogens is 478 g/mol. The van der Waals surface area contributed by atoms with Crippen molar-refractivity contribution >= 4 is 45.6 Å². The van der Waals surface area contributed by atoms with Gasteiger partial charge < -0.3 is 19.7 Å². The van der Waals surface area contributed by atoms with Gasteiger partial charge in [0.1, 0.15) is 22.5 Å². The molecule has 0 saturated carbocycles. The number of fused-ring (bicyclic) bond motifs is 2. The van der Waals surface area contributed by atoms with Crippen LogP contribution in [0.5, 0.6) is 0 Å². The van der Waals surface area contributed by atoms with E-state index in [1.54, 1.807) is 39.2 Å². The van der Waals surface area contributed by atoms with Crippen molar-refractivity contribution in [3.05, 3.63) is 40.8 Å². The van der Waals surface area contributed by atoms with Gasteiger partial charge in [-0.3, -0.25) is 9.80 Å². The molecule has 1 fully saturated rings. The third-order valence-electron chi connectivity index (χ3n) is 6.20. The number of likely N-dealkylation sites (N-methyl/N-ethyl adjacent to an activating group) is 1. The number of amidine groups is 1. The van der Waals surface area contributed by atoms with Gasteiger partial charge in [0.15, 0.2) is 0 Å². The lowest BCUT2D eigenvalue weighted by Crippen LogP contribution is -2.55. The summed E-state index contributed by atoms with van der Waals surface area (Å²) in [5, 5.41) is 4.65. The van der Waals surface area contributed by atoms with Gasteiger partial charge in [0.05, 0.1) is 24.0 Å². The van der Waals surface area contributed by atoms with Crippen LogP contribution >= 0.6 is 11.3 Å². The van der Waals surface area contributed by atoms with Gasteiger partial charge in [0.25, 0.3) is 0 Å². The summed E-state index contributed by atoms with van der Waals surface area (Å²) in [5.74, 6) is 0.502. The predicted octanol–water partition coefficient (Wildman–Crippen LogP) is 4.22. The predicted molar refractivity (Wildman–Crippen MR) is 143 cm³/mol. The molecule has 2 aliphatic heterocycles. The molecule has 0 spiro atoms. The first-order valence-electron chi connectivity index (χ1n) is 12.1. The van der Waals surface area contributed by atoms with E-state index in [2.05, 4.69) is 28.1 Å². The molecule has 2 aromatic rings. The molecular formula is C26H35N5O4S. The molecule has 0 radical (unpaired) electrons. The van der Waals surface area contributed by atoms with E-state index in [4.69, 9.17) is 14.5 Å². The Hall–Kier alpha value is -3.11. The monoisotopic (exact) mass is 513 g/mol.